The van der Waals surface area contributed by atoms with Crippen molar-refractivity contribution in [2.75, 3.05) is 20.0 Å². The van der Waals surface area contributed by atoms with Crippen LogP contribution < -0.4 is 15.2 Å². The maximum atomic E-state index is 5.88. The van der Waals surface area contributed by atoms with Crippen LogP contribution in [0.3, 0.4) is 0 Å². The van der Waals surface area contributed by atoms with Crippen molar-refractivity contribution in [1.82, 2.24) is 4.98 Å². The maximum absolute atomic E-state index is 5.88. The third kappa shape index (κ3) is 1.52. The van der Waals surface area contributed by atoms with Gasteiger partial charge in [0.2, 0.25) is 0 Å². The van der Waals surface area contributed by atoms with Crippen molar-refractivity contribution >= 4 is 16.6 Å². The van der Waals surface area contributed by atoms with E-state index >= 15 is 0 Å². The van der Waals surface area contributed by atoms with Crippen LogP contribution in [-0.4, -0.2) is 19.2 Å². The summed E-state index contributed by atoms with van der Waals surface area (Å²) in [6, 6.07) is 5.64. The van der Waals surface area contributed by atoms with Crippen molar-refractivity contribution in [3.05, 3.63) is 23.9 Å². The summed E-state index contributed by atoms with van der Waals surface area (Å²) in [4.78, 5) is 4.43. The fraction of sp³-hybridized carbons (Fsp3) is 0.250. The average molecular weight is 218 g/mol. The van der Waals surface area contributed by atoms with Gasteiger partial charge in [0.15, 0.2) is 5.75 Å². The molecule has 16 heavy (non-hydrogen) atoms. The normalized spacial score (nSPS) is 10.4. The van der Waals surface area contributed by atoms with Crippen molar-refractivity contribution in [1.29, 1.82) is 0 Å². The molecule has 0 radical (unpaired) electrons. The van der Waals surface area contributed by atoms with Crippen LogP contribution in [0.25, 0.3) is 10.9 Å². The largest absolute Gasteiger partial charge is 0.496 e. The summed E-state index contributed by atoms with van der Waals surface area (Å²) in [7, 11) is 3.20. The van der Waals surface area contributed by atoms with Crippen LogP contribution in [0.15, 0.2) is 18.2 Å². The number of ether oxygens (including phenoxy) is 2. The zero-order chi connectivity index (χ0) is 11.7. The third-order valence-corrected chi connectivity index (χ3v) is 2.49. The van der Waals surface area contributed by atoms with Gasteiger partial charge in [-0.05, 0) is 19.1 Å². The Balaban J connectivity index is 2.88. The Morgan fingerprint density at radius 1 is 1.19 bits per heavy atom. The average Bonchev–Trinajstić information content (AvgIpc) is 2.27. The minimum Gasteiger partial charge on any atom is -0.496 e. The number of pyridine rings is 1. The highest BCUT2D eigenvalue weighted by molar-refractivity contribution is 5.94. The van der Waals surface area contributed by atoms with Gasteiger partial charge in [0.05, 0.1) is 19.9 Å². The van der Waals surface area contributed by atoms with Crippen molar-refractivity contribution in [2.45, 2.75) is 6.92 Å². The molecule has 0 bridgehead atoms. The second-order valence-corrected chi connectivity index (χ2v) is 3.55. The predicted molar refractivity (Wildman–Crippen MR) is 64.0 cm³/mol. The van der Waals surface area contributed by atoms with Crippen LogP contribution in [0.2, 0.25) is 0 Å². The topological polar surface area (TPSA) is 57.4 Å². The van der Waals surface area contributed by atoms with Crippen LogP contribution in [0.1, 0.15) is 5.69 Å². The highest BCUT2D eigenvalue weighted by Crippen LogP contribution is 2.37. The van der Waals surface area contributed by atoms with Gasteiger partial charge in [-0.1, -0.05) is 0 Å². The Morgan fingerprint density at radius 3 is 2.56 bits per heavy atom. The highest BCUT2D eigenvalue weighted by atomic mass is 16.5. The number of hydrogen-bond acceptors (Lipinski definition) is 4. The van der Waals surface area contributed by atoms with E-state index in [9.17, 15) is 0 Å². The number of fused-ring (bicyclic) bond motifs is 1. The second kappa shape index (κ2) is 3.89. The molecular formula is C12H14N2O2. The Morgan fingerprint density at radius 2 is 1.94 bits per heavy atom. The smallest absolute Gasteiger partial charge is 0.168 e. The van der Waals surface area contributed by atoms with Gasteiger partial charge >= 0.3 is 0 Å². The second-order valence-electron chi connectivity index (χ2n) is 3.55. The van der Waals surface area contributed by atoms with E-state index in [4.69, 9.17) is 15.2 Å². The molecule has 0 aliphatic carbocycles. The van der Waals surface area contributed by atoms with Crippen LogP contribution >= 0.6 is 0 Å². The molecule has 84 valence electrons. The number of methoxy groups -OCH3 is 2. The Hall–Kier alpha value is -1.97. The molecule has 2 N–H and O–H groups in total. The van der Waals surface area contributed by atoms with Crippen molar-refractivity contribution in [2.24, 2.45) is 0 Å². The molecule has 0 atom stereocenters. The summed E-state index contributed by atoms with van der Waals surface area (Å²) in [5.74, 6) is 1.31. The zero-order valence-corrected chi connectivity index (χ0v) is 9.57. The summed E-state index contributed by atoms with van der Waals surface area (Å²) >= 11 is 0. The van der Waals surface area contributed by atoms with E-state index in [2.05, 4.69) is 4.98 Å². The molecule has 0 amide bonds. The first-order chi connectivity index (χ1) is 7.67. The minimum absolute atomic E-state index is 0.532. The number of anilines is 1. The van der Waals surface area contributed by atoms with Gasteiger partial charge in [-0.2, -0.15) is 0 Å². The number of benzene rings is 1. The first kappa shape index (κ1) is 10.5. The van der Waals surface area contributed by atoms with E-state index in [1.54, 1.807) is 20.3 Å². The predicted octanol–water partition coefficient (Wildman–Crippen LogP) is 2.14. The lowest BCUT2D eigenvalue weighted by Gasteiger charge is -2.12. The van der Waals surface area contributed by atoms with Crippen molar-refractivity contribution < 1.29 is 9.47 Å². The van der Waals surface area contributed by atoms with Gasteiger partial charge in [0.25, 0.3) is 0 Å². The standard InChI is InChI=1S/C12H14N2O2/c1-7-4-5-8-10(15-2)6-9(13)12(16-3)11(8)14-7/h4-6H,13H2,1-3H3. The minimum atomic E-state index is 0.532. The summed E-state index contributed by atoms with van der Waals surface area (Å²) in [6.07, 6.45) is 0. The van der Waals surface area contributed by atoms with E-state index in [0.29, 0.717) is 17.2 Å². The molecule has 2 aromatic rings. The molecule has 0 saturated heterocycles. The summed E-state index contributed by atoms with van der Waals surface area (Å²) in [6.45, 7) is 1.93. The molecule has 0 aliphatic rings. The SMILES string of the molecule is COc1cc(N)c(OC)c2nc(C)ccc12. The molecule has 1 aromatic heterocycles. The number of aryl methyl sites for hydroxylation is 1. The van der Waals surface area contributed by atoms with Gasteiger partial charge < -0.3 is 15.2 Å². The van der Waals surface area contributed by atoms with Crippen LogP contribution in [-0.2, 0) is 0 Å². The molecule has 0 fully saturated rings. The van der Waals surface area contributed by atoms with Crippen molar-refractivity contribution in [3.8, 4) is 11.5 Å². The Bertz CT molecular complexity index is 538. The highest BCUT2D eigenvalue weighted by Gasteiger charge is 2.12. The van der Waals surface area contributed by atoms with E-state index in [0.717, 1.165) is 16.6 Å². The molecule has 4 heteroatoms. The number of nitrogens with two attached hydrogens (primary N) is 1. The molecular weight excluding hydrogens is 204 g/mol. The molecule has 4 nitrogen and oxygen atoms in total. The zero-order valence-electron chi connectivity index (χ0n) is 9.57. The monoisotopic (exact) mass is 218 g/mol. The van der Waals surface area contributed by atoms with Gasteiger partial charge in [-0.15, -0.1) is 0 Å². The lowest BCUT2D eigenvalue weighted by Crippen LogP contribution is -1.98. The Labute approximate surface area is 94.0 Å². The number of rotatable bonds is 2. The maximum Gasteiger partial charge on any atom is 0.168 e. The Kier molecular flexibility index (Phi) is 2.56. The molecule has 0 saturated carbocycles. The van der Waals surface area contributed by atoms with Gasteiger partial charge in [-0.3, -0.25) is 0 Å². The van der Waals surface area contributed by atoms with E-state index in [1.165, 1.54) is 0 Å². The summed E-state index contributed by atoms with van der Waals surface area (Å²) < 4.78 is 10.5. The number of nitrogen functional groups attached to an aromatic ring is 1. The molecule has 0 spiro atoms. The van der Waals surface area contributed by atoms with Gasteiger partial charge in [-0.25, -0.2) is 4.98 Å². The van der Waals surface area contributed by atoms with E-state index in [1.807, 2.05) is 19.1 Å². The third-order valence-electron chi connectivity index (χ3n) is 2.49. The first-order valence-corrected chi connectivity index (χ1v) is 4.95. The molecule has 1 heterocycles. The summed E-state index contributed by atoms with van der Waals surface area (Å²) in [5.41, 5.74) is 8.06. The number of nitrogens with zero attached hydrogens (tertiary/aromatic N) is 1. The van der Waals surface area contributed by atoms with Crippen LogP contribution in [0, 0.1) is 6.92 Å². The van der Waals surface area contributed by atoms with Gasteiger partial charge in [0, 0.05) is 17.1 Å². The molecule has 0 aliphatic heterocycles. The number of aromatic nitrogens is 1. The number of hydrogen-bond donors (Lipinski definition) is 1. The fourth-order valence-electron chi connectivity index (χ4n) is 1.73. The molecule has 1 aromatic carbocycles. The molecule has 0 unspecified atom stereocenters. The quantitative estimate of drug-likeness (QED) is 0.784. The lowest BCUT2D eigenvalue weighted by atomic mass is 10.1. The first-order valence-electron chi connectivity index (χ1n) is 4.95. The lowest BCUT2D eigenvalue weighted by molar-refractivity contribution is 0.411. The van der Waals surface area contributed by atoms with Gasteiger partial charge in [0.1, 0.15) is 11.3 Å². The summed E-state index contributed by atoms with van der Waals surface area (Å²) in [5, 5.41) is 0.902. The molecule has 2 rings (SSSR count). The fourth-order valence-corrected chi connectivity index (χ4v) is 1.73. The van der Waals surface area contributed by atoms with Crippen LogP contribution in [0.4, 0.5) is 5.69 Å². The van der Waals surface area contributed by atoms with E-state index < -0.39 is 0 Å². The van der Waals surface area contributed by atoms with Crippen LogP contribution in [0.5, 0.6) is 11.5 Å². The van der Waals surface area contributed by atoms with Crippen molar-refractivity contribution in [3.63, 3.8) is 0 Å². The van der Waals surface area contributed by atoms with E-state index in [-0.39, 0.29) is 0 Å².